The zero-order chi connectivity index (χ0) is 8.39. The topological polar surface area (TPSA) is 51.0 Å². The first-order valence-electron chi connectivity index (χ1n) is 4.06. The molecule has 2 rings (SSSR count). The summed E-state index contributed by atoms with van der Waals surface area (Å²) in [6.07, 6.45) is 3.20. The van der Waals surface area contributed by atoms with Crippen LogP contribution in [-0.4, -0.2) is 22.8 Å². The number of nitrogens with zero attached hydrogens (tertiary/aromatic N) is 2. The summed E-state index contributed by atoms with van der Waals surface area (Å²) in [5.41, 5.74) is 0. The molecule has 12 heavy (non-hydrogen) atoms. The van der Waals surface area contributed by atoms with E-state index in [9.17, 15) is 0 Å². The van der Waals surface area contributed by atoms with Crippen LogP contribution in [0.15, 0.2) is 4.42 Å². The molecule has 1 unspecified atom stereocenters. The molecule has 0 aliphatic carbocycles. The molecule has 1 N–H and O–H groups in total. The van der Waals surface area contributed by atoms with Gasteiger partial charge in [0.15, 0.2) is 0 Å². The Morgan fingerprint density at radius 1 is 1.58 bits per heavy atom. The molecule has 1 aromatic heterocycles. The van der Waals surface area contributed by atoms with Gasteiger partial charge in [0.05, 0.1) is 0 Å². The number of nitrogens with one attached hydrogen (secondary N) is 1. The zero-order valence-electron chi connectivity index (χ0n) is 6.59. The van der Waals surface area contributed by atoms with Crippen molar-refractivity contribution in [3.05, 3.63) is 11.2 Å². The Kier molecular flexibility index (Phi) is 2.28. The van der Waals surface area contributed by atoms with Gasteiger partial charge in [-0.25, -0.2) is 0 Å². The van der Waals surface area contributed by atoms with E-state index in [0.29, 0.717) is 11.9 Å². The second kappa shape index (κ2) is 3.41. The molecule has 2 heterocycles. The average molecular weight is 188 g/mol. The maximum absolute atomic E-state index is 5.49. The molecule has 1 aromatic rings. The molecule has 0 amide bonds. The van der Waals surface area contributed by atoms with Crippen molar-refractivity contribution in [3.63, 3.8) is 0 Å². The zero-order valence-corrected chi connectivity index (χ0v) is 7.34. The van der Waals surface area contributed by atoms with Crippen molar-refractivity contribution in [1.29, 1.82) is 0 Å². The average Bonchev–Trinajstić information content (AvgIpc) is 2.63. The third-order valence-corrected chi connectivity index (χ3v) is 2.18. The molecule has 4 nitrogen and oxygen atoms in total. The van der Waals surface area contributed by atoms with E-state index in [4.69, 9.17) is 16.0 Å². The maximum Gasteiger partial charge on any atom is 0.312 e. The van der Waals surface area contributed by atoms with Crippen LogP contribution >= 0.6 is 11.6 Å². The first-order valence-corrected chi connectivity index (χ1v) is 4.43. The molecule has 66 valence electrons. The van der Waals surface area contributed by atoms with E-state index in [2.05, 4.69) is 15.5 Å². The number of halogens is 1. The van der Waals surface area contributed by atoms with E-state index in [1.54, 1.807) is 0 Å². The van der Waals surface area contributed by atoms with Crippen molar-refractivity contribution in [2.75, 3.05) is 6.54 Å². The fraction of sp³-hybridized carbons (Fsp3) is 0.714. The quantitative estimate of drug-likeness (QED) is 0.751. The first kappa shape index (κ1) is 8.01. The van der Waals surface area contributed by atoms with Crippen LogP contribution in [0.4, 0.5) is 0 Å². The summed E-state index contributed by atoms with van der Waals surface area (Å²) >= 11 is 5.49. The van der Waals surface area contributed by atoms with Crippen molar-refractivity contribution in [3.8, 4) is 0 Å². The van der Waals surface area contributed by atoms with Crippen molar-refractivity contribution in [1.82, 2.24) is 15.5 Å². The van der Waals surface area contributed by atoms with E-state index in [-0.39, 0.29) is 5.35 Å². The van der Waals surface area contributed by atoms with Gasteiger partial charge in [0.1, 0.15) is 0 Å². The minimum Gasteiger partial charge on any atom is -0.412 e. The normalized spacial score (nSPS) is 23.2. The molecule has 1 aliphatic heterocycles. The van der Waals surface area contributed by atoms with E-state index in [0.717, 1.165) is 13.0 Å². The van der Waals surface area contributed by atoms with Gasteiger partial charge in [-0.3, -0.25) is 0 Å². The summed E-state index contributed by atoms with van der Waals surface area (Å²) < 4.78 is 5.05. The minimum atomic E-state index is 0.128. The van der Waals surface area contributed by atoms with Gasteiger partial charge >= 0.3 is 5.35 Å². The lowest BCUT2D eigenvalue weighted by Gasteiger charge is -2.04. The van der Waals surface area contributed by atoms with Crippen molar-refractivity contribution in [2.24, 2.45) is 0 Å². The summed E-state index contributed by atoms with van der Waals surface area (Å²) in [6.45, 7) is 1.09. The van der Waals surface area contributed by atoms with E-state index in [1.807, 2.05) is 0 Å². The lowest BCUT2D eigenvalue weighted by Crippen LogP contribution is -2.23. The van der Waals surface area contributed by atoms with E-state index >= 15 is 0 Å². The summed E-state index contributed by atoms with van der Waals surface area (Å²) in [6, 6.07) is 0.488. The van der Waals surface area contributed by atoms with Gasteiger partial charge in [0.2, 0.25) is 5.89 Å². The lowest BCUT2D eigenvalue weighted by molar-refractivity contribution is 0.456. The van der Waals surface area contributed by atoms with Gasteiger partial charge in [0, 0.05) is 12.5 Å². The SMILES string of the molecule is Clc1nnc(CC2CCCN2)o1. The molecule has 0 spiro atoms. The molecule has 1 aliphatic rings. The Morgan fingerprint density at radius 2 is 2.50 bits per heavy atom. The van der Waals surface area contributed by atoms with E-state index < -0.39 is 0 Å². The Hall–Kier alpha value is -0.610. The second-order valence-corrected chi connectivity index (χ2v) is 3.27. The molecule has 1 fully saturated rings. The molecule has 5 heteroatoms. The standard InChI is InChI=1S/C7H10ClN3O/c8-7-11-10-6(12-7)4-5-2-1-3-9-5/h5,9H,1-4H2. The van der Waals surface area contributed by atoms with Crippen LogP contribution in [0, 0.1) is 0 Å². The van der Waals surface area contributed by atoms with Crippen LogP contribution in [-0.2, 0) is 6.42 Å². The summed E-state index contributed by atoms with van der Waals surface area (Å²) in [5, 5.41) is 10.8. The molecule has 1 atom stereocenters. The van der Waals surface area contributed by atoms with Crippen molar-refractivity contribution < 1.29 is 4.42 Å². The molecular weight excluding hydrogens is 178 g/mol. The first-order chi connectivity index (χ1) is 5.84. The van der Waals surface area contributed by atoms with Crippen LogP contribution < -0.4 is 5.32 Å². The Morgan fingerprint density at radius 3 is 3.08 bits per heavy atom. The van der Waals surface area contributed by atoms with Gasteiger partial charge in [0.25, 0.3) is 0 Å². The van der Waals surface area contributed by atoms with Gasteiger partial charge in [-0.2, -0.15) is 0 Å². The summed E-state index contributed by atoms with van der Waals surface area (Å²) in [5.74, 6) is 0.624. The maximum atomic E-state index is 5.49. The summed E-state index contributed by atoms with van der Waals surface area (Å²) in [4.78, 5) is 0. The van der Waals surface area contributed by atoms with E-state index in [1.165, 1.54) is 12.8 Å². The number of aromatic nitrogens is 2. The second-order valence-electron chi connectivity index (χ2n) is 2.95. The predicted molar refractivity (Wildman–Crippen MR) is 44.0 cm³/mol. The highest BCUT2D eigenvalue weighted by Crippen LogP contribution is 2.12. The van der Waals surface area contributed by atoms with Crippen molar-refractivity contribution in [2.45, 2.75) is 25.3 Å². The molecule has 0 bridgehead atoms. The summed E-state index contributed by atoms with van der Waals surface area (Å²) in [7, 11) is 0. The third kappa shape index (κ3) is 1.76. The van der Waals surface area contributed by atoms with Crippen LogP contribution in [0.5, 0.6) is 0 Å². The molecule has 0 radical (unpaired) electrons. The van der Waals surface area contributed by atoms with Gasteiger partial charge < -0.3 is 9.73 Å². The van der Waals surface area contributed by atoms with Crippen LogP contribution in [0.25, 0.3) is 0 Å². The molecule has 1 saturated heterocycles. The monoisotopic (exact) mass is 187 g/mol. The Labute approximate surface area is 75.3 Å². The fourth-order valence-corrected chi connectivity index (χ4v) is 1.58. The highest BCUT2D eigenvalue weighted by molar-refractivity contribution is 6.27. The highest BCUT2D eigenvalue weighted by atomic mass is 35.5. The van der Waals surface area contributed by atoms with Gasteiger partial charge in [-0.05, 0) is 31.0 Å². The van der Waals surface area contributed by atoms with Crippen LogP contribution in [0.3, 0.4) is 0 Å². The highest BCUT2D eigenvalue weighted by Gasteiger charge is 2.17. The van der Waals surface area contributed by atoms with Gasteiger partial charge in [-0.1, -0.05) is 5.10 Å². The van der Waals surface area contributed by atoms with Crippen LogP contribution in [0.1, 0.15) is 18.7 Å². The smallest absolute Gasteiger partial charge is 0.312 e. The number of rotatable bonds is 2. The number of hydrogen-bond donors (Lipinski definition) is 1. The Balaban J connectivity index is 1.94. The largest absolute Gasteiger partial charge is 0.412 e. The number of hydrogen-bond acceptors (Lipinski definition) is 4. The third-order valence-electron chi connectivity index (χ3n) is 2.03. The molecule has 0 saturated carbocycles. The molecule has 0 aromatic carbocycles. The predicted octanol–water partition coefficient (Wildman–Crippen LogP) is 1.02. The molecular formula is C7H10ClN3O. The van der Waals surface area contributed by atoms with Gasteiger partial charge in [-0.15, -0.1) is 5.10 Å². The van der Waals surface area contributed by atoms with Crippen molar-refractivity contribution >= 4 is 11.6 Å². The minimum absolute atomic E-state index is 0.128. The lowest BCUT2D eigenvalue weighted by atomic mass is 10.2. The fourth-order valence-electron chi connectivity index (χ4n) is 1.46. The Bertz CT molecular complexity index is 257. The van der Waals surface area contributed by atoms with Crippen LogP contribution in [0.2, 0.25) is 5.35 Å².